The number of rotatable bonds is 2. The molecule has 0 bridgehead atoms. The molecule has 0 aromatic heterocycles. The maximum Gasteiger partial charge on any atom is 0.191 e. The van der Waals surface area contributed by atoms with Crippen molar-refractivity contribution in [3.63, 3.8) is 0 Å². The van der Waals surface area contributed by atoms with E-state index in [1.165, 1.54) is 7.05 Å². The van der Waals surface area contributed by atoms with E-state index in [0.717, 1.165) is 5.56 Å². The van der Waals surface area contributed by atoms with Crippen LogP contribution >= 0.6 is 11.6 Å². The van der Waals surface area contributed by atoms with Crippen LogP contribution in [0.2, 0.25) is 0 Å². The third-order valence-corrected chi connectivity index (χ3v) is 2.64. The van der Waals surface area contributed by atoms with Gasteiger partial charge in [0.15, 0.2) is 5.17 Å². The zero-order valence-corrected chi connectivity index (χ0v) is 9.73. The van der Waals surface area contributed by atoms with Crippen molar-refractivity contribution >= 4 is 16.8 Å². The highest BCUT2D eigenvalue weighted by Crippen LogP contribution is 2.31. The zero-order chi connectivity index (χ0) is 11.8. The van der Waals surface area contributed by atoms with E-state index in [1.54, 1.807) is 7.11 Å². The maximum absolute atomic E-state index is 11.6. The minimum Gasteiger partial charge on any atom is -0.584 e. The van der Waals surface area contributed by atoms with E-state index in [0.29, 0.717) is 5.75 Å². The van der Waals surface area contributed by atoms with Crippen LogP contribution in [0.1, 0.15) is 11.6 Å². The fraction of sp³-hybridized carbons (Fsp3) is 0.300. The molecule has 2 rings (SSSR count). The Morgan fingerprint density at radius 1 is 1.50 bits per heavy atom. The SMILES string of the molecule is COc1ccccc1C1N[N+](C)([O-])N=C1Cl. The molecule has 1 N–H and O–H groups in total. The number of para-hydroxylation sites is 1. The molecule has 0 saturated heterocycles. The van der Waals surface area contributed by atoms with E-state index in [-0.39, 0.29) is 5.17 Å². The van der Waals surface area contributed by atoms with Gasteiger partial charge >= 0.3 is 0 Å². The molecule has 0 amide bonds. The van der Waals surface area contributed by atoms with Gasteiger partial charge in [-0.25, -0.2) is 0 Å². The van der Waals surface area contributed by atoms with Gasteiger partial charge in [0.2, 0.25) is 0 Å². The van der Waals surface area contributed by atoms with E-state index in [9.17, 15) is 5.21 Å². The summed E-state index contributed by atoms with van der Waals surface area (Å²) in [6.07, 6.45) is 0. The largest absolute Gasteiger partial charge is 0.584 e. The Hall–Kier alpha value is -1.14. The van der Waals surface area contributed by atoms with Gasteiger partial charge in [0.05, 0.1) is 7.11 Å². The standard InChI is InChI=1S/C10H12ClN3O2/c1-14(15)12-9(10(11)13-14)7-5-3-4-6-8(7)16-2/h3-6,9,12H,1-2H3. The van der Waals surface area contributed by atoms with Gasteiger partial charge < -0.3 is 9.94 Å². The highest BCUT2D eigenvalue weighted by Gasteiger charge is 2.34. The molecule has 2 atom stereocenters. The molecule has 0 spiro atoms. The Morgan fingerprint density at radius 3 is 2.75 bits per heavy atom. The van der Waals surface area contributed by atoms with Crippen molar-refractivity contribution in [3.8, 4) is 5.75 Å². The number of hydrogen-bond donors (Lipinski definition) is 1. The van der Waals surface area contributed by atoms with Crippen LogP contribution < -0.4 is 10.2 Å². The molecule has 86 valence electrons. The molecule has 1 aliphatic heterocycles. The first-order valence-corrected chi connectivity index (χ1v) is 5.15. The Bertz CT molecular complexity index is 434. The number of hydroxylamine groups is 1. The van der Waals surface area contributed by atoms with Crippen LogP contribution in [0, 0.1) is 5.21 Å². The molecule has 1 aromatic carbocycles. The van der Waals surface area contributed by atoms with Crippen LogP contribution in [0.3, 0.4) is 0 Å². The minimum atomic E-state index is -0.929. The van der Waals surface area contributed by atoms with Crippen molar-refractivity contribution in [3.05, 3.63) is 35.0 Å². The normalized spacial score (nSPS) is 29.0. The first-order valence-electron chi connectivity index (χ1n) is 4.77. The molecule has 1 aliphatic rings. The molecule has 1 heterocycles. The number of ether oxygens (including phenoxy) is 1. The lowest BCUT2D eigenvalue weighted by Gasteiger charge is -2.27. The van der Waals surface area contributed by atoms with Crippen LogP contribution in [0.4, 0.5) is 0 Å². The summed E-state index contributed by atoms with van der Waals surface area (Å²) in [4.78, 5) is -0.929. The minimum absolute atomic E-state index is 0.238. The molecule has 0 saturated carbocycles. The molecular weight excluding hydrogens is 230 g/mol. The Labute approximate surface area is 98.4 Å². The Kier molecular flexibility index (Phi) is 2.86. The van der Waals surface area contributed by atoms with Crippen molar-refractivity contribution in [2.45, 2.75) is 6.04 Å². The summed E-state index contributed by atoms with van der Waals surface area (Å²) in [5, 5.41) is 15.6. The first kappa shape index (κ1) is 11.3. The number of nitrogens with zero attached hydrogens (tertiary/aromatic N) is 2. The van der Waals surface area contributed by atoms with Gasteiger partial charge in [-0.3, -0.25) is 0 Å². The van der Waals surface area contributed by atoms with Crippen molar-refractivity contribution in [1.82, 2.24) is 5.43 Å². The Balaban J connectivity index is 2.36. The van der Waals surface area contributed by atoms with Crippen molar-refractivity contribution in [1.29, 1.82) is 0 Å². The maximum atomic E-state index is 11.6. The van der Waals surface area contributed by atoms with Gasteiger partial charge in [0, 0.05) is 5.56 Å². The van der Waals surface area contributed by atoms with Gasteiger partial charge in [-0.05, 0) is 6.07 Å². The Morgan fingerprint density at radius 2 is 2.19 bits per heavy atom. The first-order chi connectivity index (χ1) is 7.53. The molecule has 16 heavy (non-hydrogen) atoms. The van der Waals surface area contributed by atoms with E-state index < -0.39 is 10.9 Å². The smallest absolute Gasteiger partial charge is 0.191 e. The fourth-order valence-electron chi connectivity index (χ4n) is 1.66. The van der Waals surface area contributed by atoms with Crippen molar-refractivity contribution in [2.24, 2.45) is 5.10 Å². The second kappa shape index (κ2) is 4.03. The summed E-state index contributed by atoms with van der Waals surface area (Å²) in [6.45, 7) is 0. The fourth-order valence-corrected chi connectivity index (χ4v) is 1.98. The number of benzene rings is 1. The van der Waals surface area contributed by atoms with E-state index >= 15 is 0 Å². The predicted molar refractivity (Wildman–Crippen MR) is 61.7 cm³/mol. The second-order valence-corrected chi connectivity index (χ2v) is 3.99. The summed E-state index contributed by atoms with van der Waals surface area (Å²) in [6, 6.07) is 6.96. The highest BCUT2D eigenvalue weighted by atomic mass is 35.5. The third-order valence-electron chi connectivity index (χ3n) is 2.34. The summed E-state index contributed by atoms with van der Waals surface area (Å²) in [5.41, 5.74) is 3.54. The van der Waals surface area contributed by atoms with Crippen LogP contribution in [0.15, 0.2) is 29.4 Å². The number of nitrogens with one attached hydrogen (secondary N) is 1. The monoisotopic (exact) mass is 241 g/mol. The number of methoxy groups -OCH3 is 1. The number of quaternary nitrogens is 1. The second-order valence-electron chi connectivity index (χ2n) is 3.61. The lowest BCUT2D eigenvalue weighted by atomic mass is 10.1. The lowest BCUT2D eigenvalue weighted by molar-refractivity contribution is -0.908. The van der Waals surface area contributed by atoms with Gasteiger partial charge in [0.1, 0.15) is 18.8 Å². The zero-order valence-electron chi connectivity index (χ0n) is 8.98. The average molecular weight is 242 g/mol. The summed E-state index contributed by atoms with van der Waals surface area (Å²) in [7, 11) is 2.95. The topological polar surface area (TPSA) is 56.7 Å². The van der Waals surface area contributed by atoms with E-state index in [1.807, 2.05) is 24.3 Å². The van der Waals surface area contributed by atoms with Crippen molar-refractivity contribution in [2.75, 3.05) is 14.2 Å². The summed E-state index contributed by atoms with van der Waals surface area (Å²) in [5.74, 6) is 0.676. The molecule has 0 aliphatic carbocycles. The van der Waals surface area contributed by atoms with E-state index in [2.05, 4.69) is 10.5 Å². The molecule has 1 aromatic rings. The quantitative estimate of drug-likeness (QED) is 0.634. The molecule has 2 unspecified atom stereocenters. The van der Waals surface area contributed by atoms with Gasteiger partial charge in [-0.1, -0.05) is 34.9 Å². The molecule has 0 fully saturated rings. The molecule has 6 heteroatoms. The number of hydrogen-bond acceptors (Lipinski definition) is 4. The molecule has 5 nitrogen and oxygen atoms in total. The number of halogens is 1. The highest BCUT2D eigenvalue weighted by molar-refractivity contribution is 6.66. The van der Waals surface area contributed by atoms with Crippen LogP contribution in [0.25, 0.3) is 0 Å². The van der Waals surface area contributed by atoms with Gasteiger partial charge in [-0.2, -0.15) is 4.86 Å². The van der Waals surface area contributed by atoms with Crippen LogP contribution in [0.5, 0.6) is 5.75 Å². The summed E-state index contributed by atoms with van der Waals surface area (Å²) >= 11 is 5.94. The average Bonchev–Trinajstić information content (AvgIpc) is 2.52. The van der Waals surface area contributed by atoms with E-state index in [4.69, 9.17) is 16.3 Å². The van der Waals surface area contributed by atoms with Gasteiger partial charge in [-0.15, -0.1) is 5.43 Å². The van der Waals surface area contributed by atoms with Crippen molar-refractivity contribution < 1.29 is 9.60 Å². The van der Waals surface area contributed by atoms with Crippen LogP contribution in [-0.4, -0.2) is 24.2 Å². The molecule has 0 radical (unpaired) electrons. The van der Waals surface area contributed by atoms with Gasteiger partial charge in [0.25, 0.3) is 0 Å². The molecular formula is C10H12ClN3O2. The predicted octanol–water partition coefficient (Wildman–Crippen LogP) is 1.75. The lowest BCUT2D eigenvalue weighted by Crippen LogP contribution is -2.42. The van der Waals surface area contributed by atoms with Crippen LogP contribution in [-0.2, 0) is 0 Å². The summed E-state index contributed by atoms with van der Waals surface area (Å²) < 4.78 is 5.21. The third kappa shape index (κ3) is 2.03.